The lowest BCUT2D eigenvalue weighted by molar-refractivity contribution is -0.387. The second kappa shape index (κ2) is 9.02. The lowest BCUT2D eigenvalue weighted by Crippen LogP contribution is -2.27. The van der Waals surface area contributed by atoms with Crippen molar-refractivity contribution in [2.45, 2.75) is 6.10 Å². The van der Waals surface area contributed by atoms with Crippen LogP contribution in [0.3, 0.4) is 0 Å². The van der Waals surface area contributed by atoms with Crippen LogP contribution in [-0.2, 0) is 0 Å². The smallest absolute Gasteiger partial charge is 0.305 e. The number of aliphatic hydroxyl groups is 1. The Labute approximate surface area is 144 Å². The molecule has 0 fully saturated rings. The van der Waals surface area contributed by atoms with Crippen molar-refractivity contribution >= 4 is 11.4 Å². The largest absolute Gasteiger partial charge is 0.383 e. The molecule has 0 spiro atoms. The summed E-state index contributed by atoms with van der Waals surface area (Å²) < 4.78 is 13.4. The first-order chi connectivity index (χ1) is 12.0. The molecule has 1 aromatic carbocycles. The maximum Gasteiger partial charge on any atom is 0.305 e. The third kappa shape index (κ3) is 5.18. The summed E-state index contributed by atoms with van der Waals surface area (Å²) in [5, 5.41) is 27.4. The Morgan fingerprint density at radius 2 is 2.08 bits per heavy atom. The number of hydrogen-bond donors (Lipinski definition) is 4. The van der Waals surface area contributed by atoms with Crippen LogP contribution in [0.4, 0.5) is 15.8 Å². The van der Waals surface area contributed by atoms with Crippen LogP contribution in [0.15, 0.2) is 36.5 Å². The first-order valence-corrected chi connectivity index (χ1v) is 7.75. The summed E-state index contributed by atoms with van der Waals surface area (Å²) in [7, 11) is 0. The van der Waals surface area contributed by atoms with Gasteiger partial charge in [0.1, 0.15) is 6.10 Å². The predicted octanol–water partition coefficient (Wildman–Crippen LogP) is 1.17. The number of nitro groups is 1. The van der Waals surface area contributed by atoms with Crippen LogP contribution >= 0.6 is 0 Å². The quantitative estimate of drug-likeness (QED) is 0.304. The predicted molar refractivity (Wildman–Crippen MR) is 91.8 cm³/mol. The average Bonchev–Trinajstić information content (AvgIpc) is 2.61. The number of rotatable bonds is 9. The van der Waals surface area contributed by atoms with Crippen molar-refractivity contribution in [3.63, 3.8) is 0 Å². The first-order valence-electron chi connectivity index (χ1n) is 7.75. The fraction of sp³-hybridized carbons (Fsp3) is 0.312. The van der Waals surface area contributed by atoms with E-state index in [0.717, 1.165) is 30.9 Å². The lowest BCUT2D eigenvalue weighted by Gasteiger charge is -2.12. The summed E-state index contributed by atoms with van der Waals surface area (Å²) in [5.41, 5.74) is 5.98. The van der Waals surface area contributed by atoms with Gasteiger partial charge in [0, 0.05) is 32.2 Å². The van der Waals surface area contributed by atoms with E-state index in [2.05, 4.69) is 15.6 Å². The molecule has 0 amide bonds. The van der Waals surface area contributed by atoms with Crippen molar-refractivity contribution in [2.75, 3.05) is 31.5 Å². The van der Waals surface area contributed by atoms with Gasteiger partial charge in [0.2, 0.25) is 5.82 Å². The summed E-state index contributed by atoms with van der Waals surface area (Å²) in [6.07, 6.45) is 0.374. The van der Waals surface area contributed by atoms with Crippen LogP contribution < -0.4 is 16.4 Å². The van der Waals surface area contributed by atoms with Gasteiger partial charge in [0.25, 0.3) is 0 Å². The van der Waals surface area contributed by atoms with E-state index >= 15 is 0 Å². The molecule has 2 rings (SSSR count). The number of pyridine rings is 1. The van der Waals surface area contributed by atoms with Crippen molar-refractivity contribution in [3.05, 3.63) is 63.7 Å². The molecule has 1 atom stereocenters. The van der Waals surface area contributed by atoms with Crippen molar-refractivity contribution in [2.24, 2.45) is 5.73 Å². The molecule has 0 saturated heterocycles. The number of hydrogen-bond acceptors (Lipinski definition) is 7. The van der Waals surface area contributed by atoms with Crippen LogP contribution in [0.5, 0.6) is 0 Å². The molecule has 0 bridgehead atoms. The Kier molecular flexibility index (Phi) is 6.75. The Morgan fingerprint density at radius 3 is 2.72 bits per heavy atom. The summed E-state index contributed by atoms with van der Waals surface area (Å²) in [4.78, 5) is 14.1. The second-order valence-electron chi connectivity index (χ2n) is 5.31. The minimum Gasteiger partial charge on any atom is -0.383 e. The lowest BCUT2D eigenvalue weighted by atomic mass is 10.0. The summed E-state index contributed by atoms with van der Waals surface area (Å²) in [5.74, 6) is -0.947. The number of benzene rings is 1. The minimum absolute atomic E-state index is 0.201. The van der Waals surface area contributed by atoms with Crippen LogP contribution in [0.1, 0.15) is 17.4 Å². The normalized spacial score (nSPS) is 12.0. The van der Waals surface area contributed by atoms with Crippen molar-refractivity contribution < 1.29 is 14.4 Å². The molecular formula is C16H20FN5O3. The fourth-order valence-corrected chi connectivity index (χ4v) is 2.20. The molecule has 134 valence electrons. The average molecular weight is 349 g/mol. The highest BCUT2D eigenvalue weighted by Crippen LogP contribution is 2.26. The molecule has 2 aromatic rings. The number of nitrogens with two attached hydrogens (primary N) is 1. The van der Waals surface area contributed by atoms with Gasteiger partial charge >= 0.3 is 5.69 Å². The molecule has 1 heterocycles. The van der Waals surface area contributed by atoms with Gasteiger partial charge in [-0.3, -0.25) is 15.1 Å². The molecule has 0 aliphatic heterocycles. The van der Waals surface area contributed by atoms with Gasteiger partial charge in [0.05, 0.1) is 22.5 Å². The number of halogens is 1. The van der Waals surface area contributed by atoms with Crippen molar-refractivity contribution in [1.82, 2.24) is 10.3 Å². The molecule has 9 heteroatoms. The molecule has 25 heavy (non-hydrogen) atoms. The molecule has 5 N–H and O–H groups in total. The van der Waals surface area contributed by atoms with Crippen LogP contribution in [-0.4, -0.2) is 41.2 Å². The zero-order chi connectivity index (χ0) is 18.2. The maximum absolute atomic E-state index is 13.4. The monoisotopic (exact) mass is 349 g/mol. The van der Waals surface area contributed by atoms with Gasteiger partial charge in [-0.1, -0.05) is 6.07 Å². The van der Waals surface area contributed by atoms with Crippen LogP contribution in [0.25, 0.3) is 0 Å². The van der Waals surface area contributed by atoms with E-state index in [1.807, 2.05) is 0 Å². The van der Waals surface area contributed by atoms with E-state index in [1.165, 1.54) is 6.07 Å². The first kappa shape index (κ1) is 18.7. The number of aromatic nitrogens is 1. The van der Waals surface area contributed by atoms with Gasteiger partial charge in [-0.15, -0.1) is 0 Å². The molecule has 0 aliphatic carbocycles. The topological polar surface area (TPSA) is 126 Å². The minimum atomic E-state index is -1.18. The maximum atomic E-state index is 13.4. The second-order valence-corrected chi connectivity index (χ2v) is 5.31. The van der Waals surface area contributed by atoms with E-state index in [1.54, 1.807) is 18.3 Å². The summed E-state index contributed by atoms with van der Waals surface area (Å²) in [6.45, 7) is 2.76. The van der Waals surface area contributed by atoms with E-state index in [0.29, 0.717) is 18.8 Å². The molecule has 1 aromatic heterocycles. The zero-order valence-electron chi connectivity index (χ0n) is 13.5. The third-order valence-electron chi connectivity index (χ3n) is 3.50. The van der Waals surface area contributed by atoms with E-state index in [4.69, 9.17) is 5.73 Å². The highest BCUT2D eigenvalue weighted by molar-refractivity contribution is 5.43. The zero-order valence-corrected chi connectivity index (χ0v) is 13.5. The Morgan fingerprint density at radius 1 is 1.28 bits per heavy atom. The molecular weight excluding hydrogens is 329 g/mol. The van der Waals surface area contributed by atoms with Crippen LogP contribution in [0.2, 0.25) is 0 Å². The Hall–Kier alpha value is -2.62. The van der Waals surface area contributed by atoms with E-state index in [9.17, 15) is 19.6 Å². The number of nitrogens with zero attached hydrogens (tertiary/aromatic N) is 2. The highest BCUT2D eigenvalue weighted by Gasteiger charge is 2.19. The third-order valence-corrected chi connectivity index (χ3v) is 3.50. The van der Waals surface area contributed by atoms with Gasteiger partial charge < -0.3 is 21.5 Å². The summed E-state index contributed by atoms with van der Waals surface area (Å²) >= 11 is 0. The fourth-order valence-electron chi connectivity index (χ4n) is 2.20. The molecule has 8 nitrogen and oxygen atoms in total. The Balaban J connectivity index is 2.01. The van der Waals surface area contributed by atoms with E-state index < -0.39 is 22.5 Å². The molecule has 0 saturated carbocycles. The standard InChI is InChI=1S/C16H20FN5O3/c17-13-3-1-11(9-15(13)22(24)25)16(23)14-4-2-12(10-21-14)20-8-7-19-6-5-18/h1-4,9-10,16,19-20,23H,5-8,18H2. The van der Waals surface area contributed by atoms with Gasteiger partial charge in [-0.05, 0) is 23.8 Å². The van der Waals surface area contributed by atoms with Gasteiger partial charge in [0.15, 0.2) is 0 Å². The van der Waals surface area contributed by atoms with E-state index in [-0.39, 0.29) is 5.56 Å². The highest BCUT2D eigenvalue weighted by atomic mass is 19.1. The number of nitrogens with one attached hydrogen (secondary N) is 2. The number of nitro benzene ring substituents is 1. The van der Waals surface area contributed by atoms with Gasteiger partial charge in [-0.25, -0.2) is 0 Å². The number of aliphatic hydroxyl groups excluding tert-OH is 1. The van der Waals surface area contributed by atoms with Crippen molar-refractivity contribution in [3.8, 4) is 0 Å². The number of anilines is 1. The van der Waals surface area contributed by atoms with Crippen LogP contribution in [0, 0.1) is 15.9 Å². The Bertz CT molecular complexity index is 711. The molecule has 0 radical (unpaired) electrons. The van der Waals surface area contributed by atoms with Gasteiger partial charge in [-0.2, -0.15) is 4.39 Å². The SMILES string of the molecule is NCCNCCNc1ccc(C(O)c2ccc(F)c([N+](=O)[O-])c2)nc1. The summed E-state index contributed by atoms with van der Waals surface area (Å²) in [6, 6.07) is 6.61. The molecule has 0 aliphatic rings. The van der Waals surface area contributed by atoms with Crippen molar-refractivity contribution in [1.29, 1.82) is 0 Å². The molecule has 1 unspecified atom stereocenters.